The average molecular weight is 372 g/mol. The predicted molar refractivity (Wildman–Crippen MR) is 77.5 cm³/mol. The maximum atomic E-state index is 14.1. The normalized spacial score (nSPS) is 35.2. The molecule has 1 heterocycles. The number of nitrogens with one attached hydrogen (secondary N) is 1. The lowest BCUT2D eigenvalue weighted by Gasteiger charge is -2.43. The van der Waals surface area contributed by atoms with Crippen LogP contribution in [0.2, 0.25) is 0 Å². The molecule has 20 heavy (non-hydrogen) atoms. The van der Waals surface area contributed by atoms with Crippen LogP contribution in [0.4, 0.5) is 17.6 Å². The van der Waals surface area contributed by atoms with Crippen LogP contribution in [-0.2, 0) is 0 Å². The molecule has 2 rings (SSSR count). The van der Waals surface area contributed by atoms with Crippen LogP contribution in [0.3, 0.4) is 0 Å². The number of rotatable bonds is 1. The molecule has 1 N–H and O–H groups in total. The minimum absolute atomic E-state index is 0.139. The molecule has 1 saturated heterocycles. The van der Waals surface area contributed by atoms with Crippen LogP contribution in [0.15, 0.2) is 22.2 Å². The first kappa shape index (κ1) is 15.9. The summed E-state index contributed by atoms with van der Waals surface area (Å²) in [6.07, 6.45) is -2.65. The first-order valence-electron chi connectivity index (χ1n) is 6.21. The van der Waals surface area contributed by atoms with Crippen LogP contribution in [0.5, 0.6) is 0 Å². The predicted octanol–water partition coefficient (Wildman–Crippen LogP) is 4.58. The minimum Gasteiger partial charge on any atom is -0.371 e. The molecule has 0 aromatic heterocycles. The molecule has 0 amide bonds. The van der Waals surface area contributed by atoms with E-state index in [0.29, 0.717) is 10.1 Å². The number of thiocarbonyl (C=S) groups is 1. The van der Waals surface area contributed by atoms with Crippen LogP contribution < -0.4 is 5.32 Å². The third kappa shape index (κ3) is 3.24. The van der Waals surface area contributed by atoms with Gasteiger partial charge in [0, 0.05) is 17.3 Å². The molecule has 7 heteroatoms. The highest BCUT2D eigenvalue weighted by molar-refractivity contribution is 9.11. The molecule has 0 saturated carbocycles. The molecule has 1 nitrogen and oxygen atoms in total. The number of hydrogen-bond acceptors (Lipinski definition) is 1. The second-order valence-electron chi connectivity index (χ2n) is 5.42. The largest absolute Gasteiger partial charge is 0.392 e. The summed E-state index contributed by atoms with van der Waals surface area (Å²) in [5.41, 5.74) is -0.773. The summed E-state index contributed by atoms with van der Waals surface area (Å²) >= 11 is 8.20. The van der Waals surface area contributed by atoms with E-state index < -0.39 is 23.8 Å². The molecule has 3 unspecified atom stereocenters. The summed E-state index contributed by atoms with van der Waals surface area (Å²) in [6.45, 7) is 1.58. The van der Waals surface area contributed by atoms with E-state index in [9.17, 15) is 17.6 Å². The van der Waals surface area contributed by atoms with Gasteiger partial charge in [-0.15, -0.1) is 0 Å². The van der Waals surface area contributed by atoms with Gasteiger partial charge in [-0.05, 0) is 25.0 Å². The van der Waals surface area contributed by atoms with Crippen molar-refractivity contribution in [2.24, 2.45) is 5.92 Å². The van der Waals surface area contributed by atoms with Crippen LogP contribution in [0, 0.1) is 5.92 Å². The van der Waals surface area contributed by atoms with Gasteiger partial charge in [0.25, 0.3) is 0 Å². The van der Waals surface area contributed by atoms with E-state index in [1.807, 2.05) is 0 Å². The Kier molecular flexibility index (Phi) is 4.31. The number of halogens is 5. The van der Waals surface area contributed by atoms with Crippen molar-refractivity contribution in [1.82, 2.24) is 5.32 Å². The molecule has 1 fully saturated rings. The van der Waals surface area contributed by atoms with E-state index >= 15 is 0 Å². The SMILES string of the molecule is CC1(C2=CC(Br)=CCC2F)CC(C(F)(F)F)CC(=S)N1. The highest BCUT2D eigenvalue weighted by atomic mass is 79.9. The lowest BCUT2D eigenvalue weighted by Crippen LogP contribution is -2.56. The summed E-state index contributed by atoms with van der Waals surface area (Å²) in [6, 6.07) is 0. The van der Waals surface area contributed by atoms with Crippen LogP contribution in [-0.4, -0.2) is 22.9 Å². The van der Waals surface area contributed by atoms with Gasteiger partial charge in [-0.3, -0.25) is 0 Å². The number of alkyl halides is 4. The fourth-order valence-corrected chi connectivity index (χ4v) is 3.63. The second-order valence-corrected chi connectivity index (χ2v) is 6.83. The topological polar surface area (TPSA) is 12.0 Å². The van der Waals surface area contributed by atoms with Crippen molar-refractivity contribution >= 4 is 33.1 Å². The number of piperidine rings is 1. The maximum absolute atomic E-state index is 14.1. The van der Waals surface area contributed by atoms with Crippen molar-refractivity contribution in [1.29, 1.82) is 0 Å². The first-order valence-corrected chi connectivity index (χ1v) is 7.41. The minimum atomic E-state index is -4.32. The molecule has 3 atom stereocenters. The fraction of sp³-hybridized carbons (Fsp3) is 0.615. The van der Waals surface area contributed by atoms with Crippen molar-refractivity contribution in [2.45, 2.75) is 44.1 Å². The smallest absolute Gasteiger partial charge is 0.371 e. The molecule has 0 aromatic carbocycles. The van der Waals surface area contributed by atoms with Crippen LogP contribution in [0.25, 0.3) is 0 Å². The molecule has 0 radical (unpaired) electrons. The Hall–Kier alpha value is -0.430. The Balaban J connectivity index is 2.33. The number of hydrogen-bond donors (Lipinski definition) is 1. The van der Waals surface area contributed by atoms with E-state index in [0.717, 1.165) is 0 Å². The van der Waals surface area contributed by atoms with Crippen molar-refractivity contribution in [2.75, 3.05) is 0 Å². The van der Waals surface area contributed by atoms with Gasteiger partial charge in [0.05, 0.1) is 16.4 Å². The zero-order valence-corrected chi connectivity index (χ0v) is 13.1. The molecule has 0 bridgehead atoms. The molecule has 2 aliphatic rings. The van der Waals surface area contributed by atoms with E-state index in [1.54, 1.807) is 19.1 Å². The van der Waals surface area contributed by atoms with Gasteiger partial charge in [0.2, 0.25) is 0 Å². The lowest BCUT2D eigenvalue weighted by molar-refractivity contribution is -0.179. The van der Waals surface area contributed by atoms with Gasteiger partial charge in [-0.25, -0.2) is 4.39 Å². The zero-order chi connectivity index (χ0) is 15.1. The molecule has 0 aromatic rings. The third-order valence-corrected chi connectivity index (χ3v) is 4.57. The average Bonchev–Trinajstić information content (AvgIpc) is 2.30. The standard InChI is InChI=1S/C13H14BrF4NS/c1-12(9-5-8(14)2-3-10(9)15)6-7(13(16,17)18)4-11(20)19-12/h2,5,7,10H,3-4,6H2,1H3,(H,19,20). The van der Waals surface area contributed by atoms with Gasteiger partial charge < -0.3 is 5.32 Å². The van der Waals surface area contributed by atoms with E-state index in [4.69, 9.17) is 12.2 Å². The van der Waals surface area contributed by atoms with Crippen LogP contribution in [0.1, 0.15) is 26.2 Å². The van der Waals surface area contributed by atoms with Crippen molar-refractivity contribution in [3.8, 4) is 0 Å². The number of allylic oxidation sites excluding steroid dienone is 3. The van der Waals surface area contributed by atoms with Crippen molar-refractivity contribution < 1.29 is 17.6 Å². The lowest BCUT2D eigenvalue weighted by atomic mass is 9.75. The molecule has 112 valence electrons. The van der Waals surface area contributed by atoms with Gasteiger partial charge >= 0.3 is 6.18 Å². The van der Waals surface area contributed by atoms with Gasteiger partial charge in [-0.1, -0.05) is 34.2 Å². The summed E-state index contributed by atoms with van der Waals surface area (Å²) in [7, 11) is 0. The summed E-state index contributed by atoms with van der Waals surface area (Å²) in [5, 5.41) is 2.89. The summed E-state index contributed by atoms with van der Waals surface area (Å²) in [4.78, 5) is 0.139. The molecular weight excluding hydrogens is 358 g/mol. The maximum Gasteiger partial charge on any atom is 0.392 e. The molecule has 1 aliphatic carbocycles. The Morgan fingerprint density at radius 1 is 1.45 bits per heavy atom. The zero-order valence-electron chi connectivity index (χ0n) is 10.7. The monoisotopic (exact) mass is 371 g/mol. The Bertz CT molecular complexity index is 485. The first-order chi connectivity index (χ1) is 9.12. The second kappa shape index (κ2) is 5.40. The van der Waals surface area contributed by atoms with Crippen molar-refractivity contribution in [3.63, 3.8) is 0 Å². The highest BCUT2D eigenvalue weighted by Crippen LogP contribution is 2.43. The fourth-order valence-electron chi connectivity index (χ4n) is 2.77. The Morgan fingerprint density at radius 2 is 2.10 bits per heavy atom. The quantitative estimate of drug-likeness (QED) is 0.534. The third-order valence-electron chi connectivity index (χ3n) is 3.75. The van der Waals surface area contributed by atoms with E-state index in [2.05, 4.69) is 21.2 Å². The van der Waals surface area contributed by atoms with Gasteiger partial charge in [0.15, 0.2) is 0 Å². The van der Waals surface area contributed by atoms with Gasteiger partial charge in [-0.2, -0.15) is 13.2 Å². The summed E-state index contributed by atoms with van der Waals surface area (Å²) in [5.74, 6) is -1.53. The van der Waals surface area contributed by atoms with Gasteiger partial charge in [0.1, 0.15) is 6.17 Å². The molecule has 1 aliphatic heterocycles. The Labute approximate surface area is 128 Å². The highest BCUT2D eigenvalue weighted by Gasteiger charge is 2.49. The van der Waals surface area contributed by atoms with E-state index in [-0.39, 0.29) is 24.3 Å². The molecular formula is C13H14BrF4NS. The van der Waals surface area contributed by atoms with Crippen LogP contribution >= 0.6 is 28.1 Å². The van der Waals surface area contributed by atoms with E-state index in [1.165, 1.54) is 0 Å². The summed E-state index contributed by atoms with van der Waals surface area (Å²) < 4.78 is 53.7. The molecule has 0 spiro atoms. The van der Waals surface area contributed by atoms with Crippen molar-refractivity contribution in [3.05, 3.63) is 22.2 Å². The Morgan fingerprint density at radius 3 is 2.70 bits per heavy atom.